The van der Waals surface area contributed by atoms with Gasteiger partial charge in [-0.1, -0.05) is 0 Å². The standard InChI is InChI=1S/Al.Mg.H2O4S.H2O/c;;1-5(2,3)4;/h;;(H2,1,2,3,4);1H2/q+3;+2;;/p-3. The average Bonchev–Trinajstić information content (AvgIpc) is 0.722. The van der Waals surface area contributed by atoms with Gasteiger partial charge in [0.1, 0.15) is 0 Å². The van der Waals surface area contributed by atoms with Crippen molar-refractivity contribution in [2.45, 2.75) is 0 Å². The summed E-state index contributed by atoms with van der Waals surface area (Å²) in [5, 5.41) is 0. The van der Waals surface area contributed by atoms with E-state index in [1.54, 1.807) is 0 Å². The van der Waals surface area contributed by atoms with E-state index < -0.39 is 10.4 Å². The zero-order valence-electron chi connectivity index (χ0n) is 3.77. The summed E-state index contributed by atoms with van der Waals surface area (Å²) in [6.45, 7) is 0. The van der Waals surface area contributed by atoms with Crippen LogP contribution in [0.15, 0.2) is 0 Å². The largest absolute Gasteiger partial charge is 3.00 e. The average molecular weight is 164 g/mol. The molecule has 0 aliphatic heterocycles. The molecular formula is HAlMgO5S+2. The summed E-state index contributed by atoms with van der Waals surface area (Å²) >= 11 is 0. The van der Waals surface area contributed by atoms with Crippen molar-refractivity contribution in [1.82, 2.24) is 0 Å². The molecule has 8 heteroatoms. The fourth-order valence-corrected chi connectivity index (χ4v) is 0. The van der Waals surface area contributed by atoms with Crippen molar-refractivity contribution in [3.8, 4) is 0 Å². The van der Waals surface area contributed by atoms with E-state index in [-0.39, 0.29) is 45.9 Å². The van der Waals surface area contributed by atoms with E-state index in [9.17, 15) is 0 Å². The van der Waals surface area contributed by atoms with Gasteiger partial charge in [0.05, 0.1) is 0 Å². The Balaban J connectivity index is -0.0000000267. The van der Waals surface area contributed by atoms with Gasteiger partial charge in [-0.25, -0.2) is 0 Å². The molecule has 0 bridgehead atoms. The quantitative estimate of drug-likeness (QED) is 0.228. The van der Waals surface area contributed by atoms with Gasteiger partial charge in [0, 0.05) is 10.4 Å². The maximum absolute atomic E-state index is 8.52. The van der Waals surface area contributed by atoms with E-state index >= 15 is 0 Å². The van der Waals surface area contributed by atoms with E-state index in [0.717, 1.165) is 0 Å². The summed E-state index contributed by atoms with van der Waals surface area (Å²) in [7, 11) is -5.17. The van der Waals surface area contributed by atoms with Crippen molar-refractivity contribution in [2.24, 2.45) is 0 Å². The van der Waals surface area contributed by atoms with Gasteiger partial charge in [-0.05, 0) is 0 Å². The first-order valence-electron chi connectivity index (χ1n) is 0.667. The van der Waals surface area contributed by atoms with Crippen LogP contribution in [0.5, 0.6) is 0 Å². The zero-order chi connectivity index (χ0) is 4.50. The van der Waals surface area contributed by atoms with Crippen molar-refractivity contribution in [2.75, 3.05) is 0 Å². The van der Waals surface area contributed by atoms with Crippen LogP contribution < -0.4 is 0 Å². The van der Waals surface area contributed by atoms with Crippen LogP contribution in [0, 0.1) is 0 Å². The topological polar surface area (TPSA) is 110 Å². The van der Waals surface area contributed by atoms with Crippen LogP contribution in [-0.4, -0.2) is 63.4 Å². The van der Waals surface area contributed by atoms with Crippen molar-refractivity contribution >= 4 is 50.8 Å². The van der Waals surface area contributed by atoms with Gasteiger partial charge in [0.15, 0.2) is 0 Å². The molecule has 0 aromatic carbocycles. The molecule has 0 rings (SSSR count). The van der Waals surface area contributed by atoms with Crippen molar-refractivity contribution in [1.29, 1.82) is 0 Å². The molecule has 0 saturated carbocycles. The molecule has 0 aliphatic carbocycles. The van der Waals surface area contributed by atoms with E-state index in [0.29, 0.717) is 0 Å². The summed E-state index contributed by atoms with van der Waals surface area (Å²) in [5.74, 6) is 0. The second-order valence-corrected chi connectivity index (χ2v) is 1.22. The SMILES string of the molecule is O=S(=O)([O-])[O-].[Al+3].[Mg+2].[OH-]. The molecule has 0 radical (unpaired) electrons. The molecule has 0 spiro atoms. The first-order valence-corrected chi connectivity index (χ1v) is 2.00. The van der Waals surface area contributed by atoms with Crippen LogP contribution in [-0.2, 0) is 10.4 Å². The smallest absolute Gasteiger partial charge is 0.870 e. The third-order valence-corrected chi connectivity index (χ3v) is 0. The van der Waals surface area contributed by atoms with Crippen molar-refractivity contribution in [3.05, 3.63) is 0 Å². The molecule has 0 saturated heterocycles. The summed E-state index contributed by atoms with van der Waals surface area (Å²) in [4.78, 5) is 0. The monoisotopic (exact) mass is 164 g/mol. The second kappa shape index (κ2) is 8.13. The van der Waals surface area contributed by atoms with E-state index in [4.69, 9.17) is 17.5 Å². The van der Waals surface area contributed by atoms with Gasteiger partial charge in [-0.15, -0.1) is 0 Å². The molecule has 40 valence electrons. The third-order valence-electron chi connectivity index (χ3n) is 0. The fraction of sp³-hybridized carbons (Fsp3) is 0. The Hall–Kier alpha value is 1.13. The van der Waals surface area contributed by atoms with Gasteiger partial charge < -0.3 is 14.6 Å². The normalized spacial score (nSPS) is 7.25. The summed E-state index contributed by atoms with van der Waals surface area (Å²) < 4.78 is 34.1. The molecule has 8 heavy (non-hydrogen) atoms. The molecule has 0 aromatic rings. The molecule has 0 fully saturated rings. The van der Waals surface area contributed by atoms with Crippen LogP contribution in [0.25, 0.3) is 0 Å². The Morgan fingerprint density at radius 1 is 1.12 bits per heavy atom. The van der Waals surface area contributed by atoms with Crippen molar-refractivity contribution < 1.29 is 23.0 Å². The Kier molecular flexibility index (Phi) is 23.3. The van der Waals surface area contributed by atoms with Crippen LogP contribution >= 0.6 is 0 Å². The number of hydrogen-bond acceptors (Lipinski definition) is 5. The van der Waals surface area contributed by atoms with Crippen LogP contribution in [0.3, 0.4) is 0 Å². The second-order valence-electron chi connectivity index (χ2n) is 0.408. The van der Waals surface area contributed by atoms with E-state index in [1.807, 2.05) is 0 Å². The Bertz CT molecular complexity index is 95.6. The van der Waals surface area contributed by atoms with Gasteiger partial charge in [-0.3, -0.25) is 8.42 Å². The van der Waals surface area contributed by atoms with Crippen molar-refractivity contribution in [3.63, 3.8) is 0 Å². The van der Waals surface area contributed by atoms with Crippen LogP contribution in [0.2, 0.25) is 0 Å². The number of rotatable bonds is 0. The molecule has 0 unspecified atom stereocenters. The minimum absolute atomic E-state index is 0. The molecule has 5 nitrogen and oxygen atoms in total. The summed E-state index contributed by atoms with van der Waals surface area (Å²) in [6, 6.07) is 0. The summed E-state index contributed by atoms with van der Waals surface area (Å²) in [5.41, 5.74) is 0. The first kappa shape index (κ1) is 22.9. The molecule has 0 amide bonds. The Morgan fingerprint density at radius 2 is 1.12 bits per heavy atom. The fourth-order valence-electron chi connectivity index (χ4n) is 0. The Morgan fingerprint density at radius 3 is 1.12 bits per heavy atom. The van der Waals surface area contributed by atoms with E-state index in [1.165, 1.54) is 0 Å². The van der Waals surface area contributed by atoms with Gasteiger partial charge in [-0.2, -0.15) is 0 Å². The molecule has 0 aromatic heterocycles. The zero-order valence-corrected chi connectivity index (χ0v) is 7.16. The predicted octanol–water partition coefficient (Wildman–Crippen LogP) is -2.28. The van der Waals surface area contributed by atoms with Gasteiger partial charge >= 0.3 is 40.4 Å². The number of hydrogen-bond donors (Lipinski definition) is 0. The summed E-state index contributed by atoms with van der Waals surface area (Å²) in [6.07, 6.45) is 0. The molecule has 0 heterocycles. The van der Waals surface area contributed by atoms with E-state index in [2.05, 4.69) is 0 Å². The maximum Gasteiger partial charge on any atom is 3.00 e. The Labute approximate surface area is 73.6 Å². The van der Waals surface area contributed by atoms with Crippen LogP contribution in [0.1, 0.15) is 0 Å². The maximum atomic E-state index is 8.52. The minimum Gasteiger partial charge on any atom is -0.870 e. The molecule has 1 N–H and O–H groups in total. The van der Waals surface area contributed by atoms with Gasteiger partial charge in [0.2, 0.25) is 0 Å². The molecule has 0 aliphatic rings. The minimum atomic E-state index is -5.17. The first-order chi connectivity index (χ1) is 2.00. The predicted molar refractivity (Wildman–Crippen MR) is 23.9 cm³/mol. The molecule has 0 atom stereocenters. The van der Waals surface area contributed by atoms with Crippen LogP contribution in [0.4, 0.5) is 0 Å². The third kappa shape index (κ3) is 210. The molecular weight excluding hydrogens is 163 g/mol. The van der Waals surface area contributed by atoms with Gasteiger partial charge in [0.25, 0.3) is 0 Å².